The molecule has 1 aliphatic rings. The van der Waals surface area contributed by atoms with E-state index in [1.165, 1.54) is 6.92 Å². The van der Waals surface area contributed by atoms with Gasteiger partial charge in [0.2, 0.25) is 5.91 Å². The van der Waals surface area contributed by atoms with Crippen LogP contribution in [0.1, 0.15) is 30.0 Å². The summed E-state index contributed by atoms with van der Waals surface area (Å²) < 4.78 is 0. The Hall–Kier alpha value is -2.46. The minimum atomic E-state index is -0.391. The first-order valence-electron chi connectivity index (χ1n) is 6.89. The molecule has 1 heterocycles. The highest BCUT2D eigenvalue weighted by atomic mass is 16.2. The summed E-state index contributed by atoms with van der Waals surface area (Å²) in [7, 11) is 0. The summed E-state index contributed by atoms with van der Waals surface area (Å²) in [5, 5.41) is 1.12. The van der Waals surface area contributed by atoms with E-state index in [1.54, 1.807) is 0 Å². The summed E-state index contributed by atoms with van der Waals surface area (Å²) in [5.74, 6) is -0.889. The number of nitrogens with one attached hydrogen (secondary N) is 1. The van der Waals surface area contributed by atoms with Gasteiger partial charge >= 0.3 is 0 Å². The van der Waals surface area contributed by atoms with Crippen LogP contribution >= 0.6 is 0 Å². The monoisotopic (exact) mass is 280 g/mol. The number of carbonyl (C=O) groups is 2. The van der Waals surface area contributed by atoms with Gasteiger partial charge in [0.05, 0.1) is 12.0 Å². The van der Waals surface area contributed by atoms with Gasteiger partial charge in [0, 0.05) is 6.92 Å². The number of hydrazine groups is 1. The van der Waals surface area contributed by atoms with Gasteiger partial charge in [-0.05, 0) is 11.1 Å². The van der Waals surface area contributed by atoms with Crippen LogP contribution in [0.2, 0.25) is 0 Å². The van der Waals surface area contributed by atoms with E-state index in [9.17, 15) is 9.59 Å². The van der Waals surface area contributed by atoms with E-state index in [1.807, 2.05) is 60.7 Å². The van der Waals surface area contributed by atoms with Crippen LogP contribution in [0.15, 0.2) is 60.7 Å². The average molecular weight is 280 g/mol. The first-order valence-corrected chi connectivity index (χ1v) is 6.89. The maximum Gasteiger partial charge on any atom is 0.253 e. The molecule has 2 atom stereocenters. The molecule has 0 bridgehead atoms. The molecule has 1 aliphatic heterocycles. The zero-order chi connectivity index (χ0) is 14.8. The molecule has 4 nitrogen and oxygen atoms in total. The molecule has 2 unspecified atom stereocenters. The van der Waals surface area contributed by atoms with Crippen molar-refractivity contribution < 1.29 is 9.59 Å². The predicted molar refractivity (Wildman–Crippen MR) is 79.0 cm³/mol. The fourth-order valence-corrected chi connectivity index (χ4v) is 2.73. The second kappa shape index (κ2) is 5.50. The molecule has 2 aromatic rings. The van der Waals surface area contributed by atoms with E-state index in [0.29, 0.717) is 0 Å². The SMILES string of the molecule is CC(=O)N1NC(c2ccccc2)C(c2ccccc2)C1=O. The number of nitrogens with zero attached hydrogens (tertiary/aromatic N) is 1. The fraction of sp³-hybridized carbons (Fsp3) is 0.176. The van der Waals surface area contributed by atoms with Gasteiger partial charge in [0.25, 0.3) is 5.91 Å². The smallest absolute Gasteiger partial charge is 0.253 e. The summed E-state index contributed by atoms with van der Waals surface area (Å²) in [6.07, 6.45) is 0. The molecule has 0 radical (unpaired) electrons. The third-order valence-corrected chi connectivity index (χ3v) is 3.72. The van der Waals surface area contributed by atoms with E-state index >= 15 is 0 Å². The number of rotatable bonds is 2. The summed E-state index contributed by atoms with van der Waals surface area (Å²) in [6.45, 7) is 1.39. The van der Waals surface area contributed by atoms with Crippen LogP contribution in [0.25, 0.3) is 0 Å². The van der Waals surface area contributed by atoms with Crippen LogP contribution in [-0.2, 0) is 9.59 Å². The van der Waals surface area contributed by atoms with Gasteiger partial charge in [-0.2, -0.15) is 0 Å². The second-order valence-electron chi connectivity index (χ2n) is 5.10. The number of imide groups is 1. The van der Waals surface area contributed by atoms with Gasteiger partial charge in [0.1, 0.15) is 0 Å². The first-order chi connectivity index (χ1) is 10.2. The van der Waals surface area contributed by atoms with Crippen LogP contribution in [0.3, 0.4) is 0 Å². The topological polar surface area (TPSA) is 49.4 Å². The van der Waals surface area contributed by atoms with Crippen LogP contribution in [-0.4, -0.2) is 16.8 Å². The van der Waals surface area contributed by atoms with Crippen molar-refractivity contribution in [1.29, 1.82) is 0 Å². The van der Waals surface area contributed by atoms with E-state index in [0.717, 1.165) is 16.1 Å². The van der Waals surface area contributed by atoms with E-state index in [-0.39, 0.29) is 17.9 Å². The molecule has 2 aromatic carbocycles. The predicted octanol–water partition coefficient (Wildman–Crippen LogP) is 2.40. The van der Waals surface area contributed by atoms with E-state index < -0.39 is 5.92 Å². The molecule has 3 rings (SSSR count). The minimum Gasteiger partial charge on any atom is -0.273 e. The standard InChI is InChI=1S/C17H16N2O2/c1-12(20)19-17(21)15(13-8-4-2-5-9-13)16(18-19)14-10-6-3-7-11-14/h2-11,15-16,18H,1H3. The maximum atomic E-state index is 12.6. The van der Waals surface area contributed by atoms with Gasteiger partial charge in [0.15, 0.2) is 0 Å². The third kappa shape index (κ3) is 2.45. The summed E-state index contributed by atoms with van der Waals surface area (Å²) in [4.78, 5) is 24.2. The molecular formula is C17H16N2O2. The van der Waals surface area contributed by atoms with Gasteiger partial charge in [-0.1, -0.05) is 60.7 Å². The Morgan fingerprint density at radius 1 is 0.952 bits per heavy atom. The van der Waals surface area contributed by atoms with Gasteiger partial charge in [-0.25, -0.2) is 10.4 Å². The van der Waals surface area contributed by atoms with Crippen molar-refractivity contribution in [3.05, 3.63) is 71.8 Å². The number of hydrogen-bond acceptors (Lipinski definition) is 3. The molecule has 106 valence electrons. The average Bonchev–Trinajstić information content (AvgIpc) is 2.87. The molecule has 0 saturated carbocycles. The number of amides is 2. The molecule has 4 heteroatoms. The number of hydrogen-bond donors (Lipinski definition) is 1. The van der Waals surface area contributed by atoms with E-state index in [4.69, 9.17) is 0 Å². The van der Waals surface area contributed by atoms with Crippen LogP contribution in [0.5, 0.6) is 0 Å². The van der Waals surface area contributed by atoms with Crippen molar-refractivity contribution in [2.24, 2.45) is 0 Å². The quantitative estimate of drug-likeness (QED) is 0.919. The first kappa shape index (κ1) is 13.5. The highest BCUT2D eigenvalue weighted by molar-refractivity contribution is 5.99. The summed E-state index contributed by atoms with van der Waals surface area (Å²) in [5.41, 5.74) is 4.94. The lowest BCUT2D eigenvalue weighted by Crippen LogP contribution is -2.39. The molecule has 0 spiro atoms. The lowest BCUT2D eigenvalue weighted by atomic mass is 9.88. The molecule has 21 heavy (non-hydrogen) atoms. The molecule has 1 saturated heterocycles. The van der Waals surface area contributed by atoms with Gasteiger partial charge in [-0.15, -0.1) is 0 Å². The van der Waals surface area contributed by atoms with E-state index in [2.05, 4.69) is 5.43 Å². The van der Waals surface area contributed by atoms with Gasteiger partial charge in [-0.3, -0.25) is 9.59 Å². The zero-order valence-electron chi connectivity index (χ0n) is 11.7. The Bertz CT molecular complexity index is 655. The Balaban J connectivity index is 2.04. The third-order valence-electron chi connectivity index (χ3n) is 3.72. The minimum absolute atomic E-state index is 0.206. The van der Waals surface area contributed by atoms with Crippen molar-refractivity contribution in [1.82, 2.24) is 10.4 Å². The van der Waals surface area contributed by atoms with Crippen LogP contribution in [0, 0.1) is 0 Å². The Kier molecular flexibility index (Phi) is 3.54. The van der Waals surface area contributed by atoms with Crippen molar-refractivity contribution in [2.45, 2.75) is 18.9 Å². The summed E-state index contributed by atoms with van der Waals surface area (Å²) in [6, 6.07) is 19.0. The zero-order valence-corrected chi connectivity index (χ0v) is 11.7. The summed E-state index contributed by atoms with van der Waals surface area (Å²) >= 11 is 0. The molecule has 0 aromatic heterocycles. The molecule has 1 fully saturated rings. The number of carbonyl (C=O) groups excluding carboxylic acids is 2. The van der Waals surface area contributed by atoms with Crippen molar-refractivity contribution in [3.63, 3.8) is 0 Å². The maximum absolute atomic E-state index is 12.6. The largest absolute Gasteiger partial charge is 0.273 e. The van der Waals surface area contributed by atoms with Crippen molar-refractivity contribution in [3.8, 4) is 0 Å². The molecular weight excluding hydrogens is 264 g/mol. The normalized spacial score (nSPS) is 21.6. The lowest BCUT2D eigenvalue weighted by molar-refractivity contribution is -0.143. The van der Waals surface area contributed by atoms with Gasteiger partial charge < -0.3 is 0 Å². The highest BCUT2D eigenvalue weighted by Gasteiger charge is 2.43. The second-order valence-corrected chi connectivity index (χ2v) is 5.10. The molecule has 2 amide bonds. The molecule has 1 N–H and O–H groups in total. The lowest BCUT2D eigenvalue weighted by Gasteiger charge is -2.17. The fourth-order valence-electron chi connectivity index (χ4n) is 2.73. The molecule has 0 aliphatic carbocycles. The highest BCUT2D eigenvalue weighted by Crippen LogP contribution is 2.37. The number of benzene rings is 2. The van der Waals surface area contributed by atoms with Crippen molar-refractivity contribution in [2.75, 3.05) is 0 Å². The van der Waals surface area contributed by atoms with Crippen LogP contribution < -0.4 is 5.43 Å². The Morgan fingerprint density at radius 3 is 2.00 bits per heavy atom. The Morgan fingerprint density at radius 2 is 1.48 bits per heavy atom. The Labute approximate surface area is 123 Å². The van der Waals surface area contributed by atoms with Crippen molar-refractivity contribution >= 4 is 11.8 Å². The van der Waals surface area contributed by atoms with Crippen LogP contribution in [0.4, 0.5) is 0 Å².